The maximum Gasteiger partial charge on any atom is 0.241 e. The summed E-state index contributed by atoms with van der Waals surface area (Å²) in [5, 5.41) is 25.6. The highest BCUT2D eigenvalue weighted by Crippen LogP contribution is 2.19. The maximum atomic E-state index is 13.0. The molecule has 4 aromatic carbocycles. The van der Waals surface area contributed by atoms with Gasteiger partial charge in [0.2, 0.25) is 10.9 Å². The van der Waals surface area contributed by atoms with E-state index in [9.17, 15) is 14.7 Å². The number of hydrogen-bond donors (Lipinski definition) is 3. The molecule has 0 saturated heterocycles. The quantitative estimate of drug-likeness (QED) is 0.314. The standard InChI is InChI=1S/C24H18N6O3/c31-22-19(28-25-16-10-4-1-5-11-16)23(32)21(30-27-18-14-8-3-9-15-18)24(33)20(22)29-26-17-12-6-2-7-13-17/h1-15,25-26,32H/b28-19+,29-20-,30-27?. The van der Waals surface area contributed by atoms with E-state index in [2.05, 4.69) is 31.3 Å². The summed E-state index contributed by atoms with van der Waals surface area (Å²) in [4.78, 5) is 25.9. The Bertz CT molecular complexity index is 1500. The number of para-hydroxylation sites is 2. The van der Waals surface area contributed by atoms with Gasteiger partial charge in [-0.1, -0.05) is 54.6 Å². The van der Waals surface area contributed by atoms with Gasteiger partial charge in [-0.3, -0.25) is 20.4 Å². The maximum absolute atomic E-state index is 13.0. The number of nitrogens with one attached hydrogen (secondary N) is 2. The Hall–Kier alpha value is -4.92. The Labute approximate surface area is 187 Å². The Morgan fingerprint density at radius 3 is 1.61 bits per heavy atom. The molecule has 0 atom stereocenters. The minimum Gasteiger partial charge on any atom is -0.504 e. The second kappa shape index (κ2) is 9.92. The fourth-order valence-electron chi connectivity index (χ4n) is 2.82. The van der Waals surface area contributed by atoms with Crippen LogP contribution in [-0.4, -0.2) is 5.11 Å². The summed E-state index contributed by atoms with van der Waals surface area (Å²) < 4.78 is 0. The van der Waals surface area contributed by atoms with Crippen molar-refractivity contribution < 1.29 is 5.11 Å². The number of phenols is 1. The molecule has 0 bridgehead atoms. The van der Waals surface area contributed by atoms with Gasteiger partial charge in [0.1, 0.15) is 0 Å². The van der Waals surface area contributed by atoms with Crippen molar-refractivity contribution in [1.29, 1.82) is 0 Å². The summed E-state index contributed by atoms with van der Waals surface area (Å²) in [6.07, 6.45) is 0. The van der Waals surface area contributed by atoms with Crippen LogP contribution >= 0.6 is 0 Å². The Kier molecular flexibility index (Phi) is 6.41. The van der Waals surface area contributed by atoms with E-state index in [-0.39, 0.29) is 0 Å². The first-order chi connectivity index (χ1) is 16.1. The Balaban J connectivity index is 1.87. The second-order valence-corrected chi connectivity index (χ2v) is 6.77. The van der Waals surface area contributed by atoms with Gasteiger partial charge in [-0.2, -0.15) is 15.3 Å². The first-order valence-corrected chi connectivity index (χ1v) is 9.91. The lowest BCUT2D eigenvalue weighted by Gasteiger charge is -2.02. The summed E-state index contributed by atoms with van der Waals surface area (Å²) in [7, 11) is 0. The zero-order valence-corrected chi connectivity index (χ0v) is 17.2. The molecule has 0 unspecified atom stereocenters. The van der Waals surface area contributed by atoms with Crippen LogP contribution in [0.1, 0.15) is 0 Å². The third-order valence-electron chi connectivity index (χ3n) is 4.47. The smallest absolute Gasteiger partial charge is 0.241 e. The highest BCUT2D eigenvalue weighted by Gasteiger charge is 2.16. The second-order valence-electron chi connectivity index (χ2n) is 6.77. The van der Waals surface area contributed by atoms with Crippen LogP contribution in [0.2, 0.25) is 0 Å². The monoisotopic (exact) mass is 438 g/mol. The van der Waals surface area contributed by atoms with Crippen molar-refractivity contribution in [3.8, 4) is 5.75 Å². The highest BCUT2D eigenvalue weighted by atomic mass is 16.3. The molecule has 3 N–H and O–H groups in total. The molecule has 33 heavy (non-hydrogen) atoms. The lowest BCUT2D eigenvalue weighted by Crippen LogP contribution is -2.48. The molecule has 0 fully saturated rings. The zero-order chi connectivity index (χ0) is 23.0. The number of azo groups is 1. The lowest BCUT2D eigenvalue weighted by molar-refractivity contribution is 0.467. The average Bonchev–Trinajstić information content (AvgIpc) is 2.86. The molecule has 4 aromatic rings. The van der Waals surface area contributed by atoms with Crippen molar-refractivity contribution in [2.45, 2.75) is 0 Å². The van der Waals surface area contributed by atoms with Crippen LogP contribution in [0.3, 0.4) is 0 Å². The van der Waals surface area contributed by atoms with E-state index in [1.807, 2.05) is 12.1 Å². The van der Waals surface area contributed by atoms with Gasteiger partial charge in [-0.25, -0.2) is 0 Å². The number of rotatable bonds is 6. The number of nitrogens with zero attached hydrogens (tertiary/aromatic N) is 4. The third kappa shape index (κ3) is 5.05. The summed E-state index contributed by atoms with van der Waals surface area (Å²) in [6, 6.07) is 26.3. The van der Waals surface area contributed by atoms with Gasteiger partial charge in [0, 0.05) is 0 Å². The van der Waals surface area contributed by atoms with E-state index in [1.165, 1.54) is 0 Å². The van der Waals surface area contributed by atoms with E-state index in [4.69, 9.17) is 0 Å². The van der Waals surface area contributed by atoms with Crippen LogP contribution in [0.4, 0.5) is 22.7 Å². The third-order valence-corrected chi connectivity index (χ3v) is 4.47. The predicted molar refractivity (Wildman–Crippen MR) is 125 cm³/mol. The Morgan fingerprint density at radius 2 is 1.06 bits per heavy atom. The number of phenolic OH excluding ortho intramolecular Hbond substituents is 1. The van der Waals surface area contributed by atoms with Crippen molar-refractivity contribution >= 4 is 22.7 Å². The van der Waals surface area contributed by atoms with Gasteiger partial charge in [0.05, 0.1) is 17.1 Å². The SMILES string of the molecule is O=c1c(N=Nc2ccccc2)c(O)/c(=N/Nc2ccccc2)c(=O)/c1=N/Nc1ccccc1. The zero-order valence-electron chi connectivity index (χ0n) is 17.2. The molecule has 0 aliphatic carbocycles. The van der Waals surface area contributed by atoms with Crippen LogP contribution in [-0.2, 0) is 0 Å². The van der Waals surface area contributed by atoms with Gasteiger partial charge in [-0.15, -0.1) is 5.11 Å². The van der Waals surface area contributed by atoms with Gasteiger partial charge < -0.3 is 5.11 Å². The van der Waals surface area contributed by atoms with E-state index in [1.54, 1.807) is 78.9 Å². The topological polar surface area (TPSA) is 128 Å². The molecule has 0 aliphatic rings. The fourth-order valence-corrected chi connectivity index (χ4v) is 2.82. The molecular weight excluding hydrogens is 420 g/mol. The minimum atomic E-state index is -0.876. The molecular formula is C24H18N6O3. The summed E-state index contributed by atoms with van der Waals surface area (Å²) >= 11 is 0. The van der Waals surface area contributed by atoms with E-state index >= 15 is 0 Å². The number of aromatic hydroxyl groups is 1. The van der Waals surface area contributed by atoms with Crippen LogP contribution in [0, 0.1) is 0 Å². The van der Waals surface area contributed by atoms with Gasteiger partial charge in [-0.05, 0) is 36.4 Å². The van der Waals surface area contributed by atoms with E-state index in [0.29, 0.717) is 17.1 Å². The van der Waals surface area contributed by atoms with Crippen LogP contribution in [0.5, 0.6) is 5.75 Å². The first kappa shape index (κ1) is 21.3. The van der Waals surface area contributed by atoms with Gasteiger partial charge in [0.25, 0.3) is 0 Å². The predicted octanol–water partition coefficient (Wildman–Crippen LogP) is 3.26. The summed E-state index contributed by atoms with van der Waals surface area (Å²) in [6.45, 7) is 0. The molecule has 162 valence electrons. The van der Waals surface area contributed by atoms with Crippen molar-refractivity contribution in [3.05, 3.63) is 122 Å². The molecule has 9 nitrogen and oxygen atoms in total. The van der Waals surface area contributed by atoms with E-state index < -0.39 is 33.0 Å². The minimum absolute atomic E-state index is 0.408. The van der Waals surface area contributed by atoms with Crippen LogP contribution < -0.4 is 32.4 Å². The molecule has 0 amide bonds. The van der Waals surface area contributed by atoms with Gasteiger partial charge in [0.15, 0.2) is 22.2 Å². The van der Waals surface area contributed by atoms with Crippen molar-refractivity contribution in [2.75, 3.05) is 10.9 Å². The van der Waals surface area contributed by atoms with Crippen molar-refractivity contribution in [2.24, 2.45) is 20.4 Å². The van der Waals surface area contributed by atoms with E-state index in [0.717, 1.165) is 0 Å². The molecule has 0 saturated carbocycles. The number of benzene rings is 4. The van der Waals surface area contributed by atoms with Crippen LogP contribution in [0.25, 0.3) is 0 Å². The normalized spacial score (nSPS) is 12.2. The summed E-state index contributed by atoms with van der Waals surface area (Å²) in [5.74, 6) is -0.688. The molecule has 0 heterocycles. The number of hydrogen-bond acceptors (Lipinski definition) is 9. The molecule has 9 heteroatoms. The molecule has 0 radical (unpaired) electrons. The molecule has 4 rings (SSSR count). The van der Waals surface area contributed by atoms with Gasteiger partial charge >= 0.3 is 0 Å². The number of anilines is 2. The molecule has 0 aliphatic heterocycles. The summed E-state index contributed by atoms with van der Waals surface area (Å²) in [5.41, 5.74) is 4.80. The highest BCUT2D eigenvalue weighted by molar-refractivity contribution is 5.51. The van der Waals surface area contributed by atoms with Crippen LogP contribution in [0.15, 0.2) is 121 Å². The molecule has 0 spiro atoms. The lowest BCUT2D eigenvalue weighted by atomic mass is 10.2. The Morgan fingerprint density at radius 1 is 0.576 bits per heavy atom. The largest absolute Gasteiger partial charge is 0.504 e. The molecule has 0 aromatic heterocycles. The van der Waals surface area contributed by atoms with Crippen molar-refractivity contribution in [1.82, 2.24) is 0 Å². The van der Waals surface area contributed by atoms with Crippen molar-refractivity contribution in [3.63, 3.8) is 0 Å². The first-order valence-electron chi connectivity index (χ1n) is 9.91. The average molecular weight is 438 g/mol. The fraction of sp³-hybridized carbons (Fsp3) is 0.